The molecule has 0 amide bonds. The molecule has 1 rings (SSSR count). The second-order valence-corrected chi connectivity index (χ2v) is 5.06. The van der Waals surface area contributed by atoms with Gasteiger partial charge in [0.05, 0.1) is 12.3 Å². The summed E-state index contributed by atoms with van der Waals surface area (Å²) in [4.78, 5) is 2.73. The molecule has 0 fully saturated rings. The van der Waals surface area contributed by atoms with E-state index in [1.54, 1.807) is 7.11 Å². The molecule has 1 aromatic carbocycles. The average molecular weight is 266 g/mol. The molecule has 2 N–H and O–H groups in total. The predicted octanol–water partition coefficient (Wildman–Crippen LogP) is 2.49. The Hall–Kier alpha value is -1.13. The number of benzene rings is 1. The Balaban J connectivity index is 3.21. The fourth-order valence-electron chi connectivity index (χ4n) is 2.06. The maximum absolute atomic E-state index is 5.82. The van der Waals surface area contributed by atoms with Crippen molar-refractivity contribution < 1.29 is 4.74 Å². The number of nitrogens with zero attached hydrogens (tertiary/aromatic N) is 1. The van der Waals surface area contributed by atoms with E-state index in [0.29, 0.717) is 17.6 Å². The highest BCUT2D eigenvalue weighted by atomic mass is 32.1. The Kier molecular flexibility index (Phi) is 5.56. The molecule has 4 heteroatoms. The van der Waals surface area contributed by atoms with Gasteiger partial charge in [0.25, 0.3) is 0 Å². The Labute approximate surface area is 115 Å². The third kappa shape index (κ3) is 3.43. The highest BCUT2D eigenvalue weighted by Gasteiger charge is 2.17. The van der Waals surface area contributed by atoms with Crippen LogP contribution in [0.1, 0.15) is 25.0 Å². The van der Waals surface area contributed by atoms with Gasteiger partial charge in [-0.3, -0.25) is 0 Å². The van der Waals surface area contributed by atoms with Crippen molar-refractivity contribution in [1.29, 1.82) is 0 Å². The molecule has 100 valence electrons. The summed E-state index contributed by atoms with van der Waals surface area (Å²) in [6.45, 7) is 7.91. The number of hydrogen-bond donors (Lipinski definition) is 1. The molecule has 0 radical (unpaired) electrons. The van der Waals surface area contributed by atoms with Crippen molar-refractivity contribution in [1.82, 2.24) is 0 Å². The van der Waals surface area contributed by atoms with Crippen molar-refractivity contribution in [2.75, 3.05) is 25.2 Å². The predicted molar refractivity (Wildman–Crippen MR) is 81.4 cm³/mol. The molecular weight excluding hydrogens is 244 g/mol. The standard InChI is InChI=1S/C14H22N2OS/c1-10(2)16(8-9-17-4)13-11(3)6-5-7-12(13)14(15)18/h5-7,10H,8-9H2,1-4H3,(H2,15,18). The highest BCUT2D eigenvalue weighted by molar-refractivity contribution is 7.80. The largest absolute Gasteiger partial charge is 0.389 e. The average Bonchev–Trinajstić information content (AvgIpc) is 2.30. The van der Waals surface area contributed by atoms with E-state index in [1.807, 2.05) is 12.1 Å². The van der Waals surface area contributed by atoms with Crippen LogP contribution in [0.25, 0.3) is 0 Å². The van der Waals surface area contributed by atoms with Gasteiger partial charge < -0.3 is 15.4 Å². The molecule has 0 aliphatic rings. The summed E-state index contributed by atoms with van der Waals surface area (Å²) in [5, 5.41) is 0. The van der Waals surface area contributed by atoms with Crippen LogP contribution in [0.2, 0.25) is 0 Å². The molecule has 3 nitrogen and oxygen atoms in total. The Morgan fingerprint density at radius 1 is 1.44 bits per heavy atom. The van der Waals surface area contributed by atoms with Crippen LogP contribution in [0.5, 0.6) is 0 Å². The quantitative estimate of drug-likeness (QED) is 0.803. The number of thiocarbonyl (C=S) groups is 1. The van der Waals surface area contributed by atoms with Gasteiger partial charge in [0.2, 0.25) is 0 Å². The minimum absolute atomic E-state index is 0.370. The van der Waals surface area contributed by atoms with Crippen LogP contribution >= 0.6 is 12.2 Å². The van der Waals surface area contributed by atoms with Gasteiger partial charge in [-0.25, -0.2) is 0 Å². The first-order valence-corrected chi connectivity index (χ1v) is 6.54. The van der Waals surface area contributed by atoms with Crippen LogP contribution in [0.4, 0.5) is 5.69 Å². The normalized spacial score (nSPS) is 10.7. The van der Waals surface area contributed by atoms with E-state index in [4.69, 9.17) is 22.7 Å². The third-order valence-corrected chi connectivity index (χ3v) is 3.17. The Bertz CT molecular complexity index is 418. The highest BCUT2D eigenvalue weighted by Crippen LogP contribution is 2.26. The van der Waals surface area contributed by atoms with Crippen molar-refractivity contribution in [3.63, 3.8) is 0 Å². The number of para-hydroxylation sites is 1. The number of methoxy groups -OCH3 is 1. The van der Waals surface area contributed by atoms with Gasteiger partial charge in [-0.2, -0.15) is 0 Å². The summed E-state index contributed by atoms with van der Waals surface area (Å²) in [5.74, 6) is 0. The fourth-order valence-corrected chi connectivity index (χ4v) is 2.22. The van der Waals surface area contributed by atoms with E-state index >= 15 is 0 Å². The van der Waals surface area contributed by atoms with E-state index in [-0.39, 0.29) is 0 Å². The third-order valence-electron chi connectivity index (χ3n) is 2.95. The molecule has 0 aliphatic carbocycles. The van der Waals surface area contributed by atoms with E-state index in [0.717, 1.165) is 17.8 Å². The maximum Gasteiger partial charge on any atom is 0.106 e. The van der Waals surface area contributed by atoms with Crippen molar-refractivity contribution in [3.8, 4) is 0 Å². The summed E-state index contributed by atoms with van der Waals surface area (Å²) in [5.41, 5.74) is 9.07. The molecule has 0 atom stereocenters. The Morgan fingerprint density at radius 3 is 2.61 bits per heavy atom. The zero-order valence-electron chi connectivity index (χ0n) is 11.6. The smallest absolute Gasteiger partial charge is 0.106 e. The van der Waals surface area contributed by atoms with Crippen LogP contribution in [0.15, 0.2) is 18.2 Å². The summed E-state index contributed by atoms with van der Waals surface area (Å²) in [6.07, 6.45) is 0. The lowest BCUT2D eigenvalue weighted by molar-refractivity contribution is 0.204. The van der Waals surface area contributed by atoms with Gasteiger partial charge in [0, 0.05) is 25.3 Å². The van der Waals surface area contributed by atoms with Gasteiger partial charge in [-0.05, 0) is 32.4 Å². The lowest BCUT2D eigenvalue weighted by Crippen LogP contribution is -2.36. The van der Waals surface area contributed by atoms with E-state index in [1.165, 1.54) is 5.56 Å². The number of aryl methyl sites for hydroxylation is 1. The van der Waals surface area contributed by atoms with Gasteiger partial charge >= 0.3 is 0 Å². The first kappa shape index (κ1) is 14.9. The molecule has 0 bridgehead atoms. The second-order valence-electron chi connectivity index (χ2n) is 4.62. The first-order chi connectivity index (χ1) is 8.49. The molecule has 0 saturated heterocycles. The molecular formula is C14H22N2OS. The molecule has 0 heterocycles. The molecule has 0 saturated carbocycles. The fraction of sp³-hybridized carbons (Fsp3) is 0.500. The van der Waals surface area contributed by atoms with Crippen molar-refractivity contribution >= 4 is 22.9 Å². The Morgan fingerprint density at radius 2 is 2.11 bits per heavy atom. The maximum atomic E-state index is 5.82. The van der Waals surface area contributed by atoms with Crippen molar-refractivity contribution in [2.24, 2.45) is 5.73 Å². The van der Waals surface area contributed by atoms with Gasteiger partial charge in [-0.15, -0.1) is 0 Å². The molecule has 0 aromatic heterocycles. The van der Waals surface area contributed by atoms with E-state index in [2.05, 4.69) is 31.7 Å². The molecule has 1 aromatic rings. The van der Waals surface area contributed by atoms with Gasteiger partial charge in [-0.1, -0.05) is 24.4 Å². The first-order valence-electron chi connectivity index (χ1n) is 6.14. The zero-order valence-corrected chi connectivity index (χ0v) is 12.4. The SMILES string of the molecule is COCCN(c1c(C)cccc1C(N)=S)C(C)C. The zero-order chi connectivity index (χ0) is 13.7. The van der Waals surface area contributed by atoms with Crippen LogP contribution in [-0.4, -0.2) is 31.3 Å². The summed E-state index contributed by atoms with van der Waals surface area (Å²) < 4.78 is 5.18. The number of anilines is 1. The molecule has 0 unspecified atom stereocenters. The second kappa shape index (κ2) is 6.71. The number of hydrogen-bond acceptors (Lipinski definition) is 3. The monoisotopic (exact) mass is 266 g/mol. The van der Waals surface area contributed by atoms with Gasteiger partial charge in [0.15, 0.2) is 0 Å². The van der Waals surface area contributed by atoms with Gasteiger partial charge in [0.1, 0.15) is 4.99 Å². The number of nitrogens with two attached hydrogens (primary N) is 1. The van der Waals surface area contributed by atoms with Crippen molar-refractivity contribution in [2.45, 2.75) is 26.8 Å². The van der Waals surface area contributed by atoms with Crippen LogP contribution in [0, 0.1) is 6.92 Å². The lowest BCUT2D eigenvalue weighted by atomic mass is 10.1. The molecule has 0 spiro atoms. The number of rotatable bonds is 6. The van der Waals surface area contributed by atoms with Crippen LogP contribution in [-0.2, 0) is 4.74 Å². The van der Waals surface area contributed by atoms with E-state index in [9.17, 15) is 0 Å². The molecule has 0 aliphatic heterocycles. The summed E-state index contributed by atoms with van der Waals surface area (Å²) in [6, 6.07) is 6.42. The minimum atomic E-state index is 0.370. The summed E-state index contributed by atoms with van der Waals surface area (Å²) >= 11 is 5.15. The molecule has 18 heavy (non-hydrogen) atoms. The lowest BCUT2D eigenvalue weighted by Gasteiger charge is -2.32. The number of ether oxygens (including phenoxy) is 1. The minimum Gasteiger partial charge on any atom is -0.389 e. The summed E-state index contributed by atoms with van der Waals surface area (Å²) in [7, 11) is 1.71. The van der Waals surface area contributed by atoms with Crippen LogP contribution in [0.3, 0.4) is 0 Å². The van der Waals surface area contributed by atoms with Crippen LogP contribution < -0.4 is 10.6 Å². The van der Waals surface area contributed by atoms with Crippen molar-refractivity contribution in [3.05, 3.63) is 29.3 Å². The van der Waals surface area contributed by atoms with E-state index < -0.39 is 0 Å². The topological polar surface area (TPSA) is 38.5 Å².